The fourth-order valence-corrected chi connectivity index (χ4v) is 3.50. The molecule has 132 valence electrons. The number of nitrogens with zero attached hydrogens (tertiary/aromatic N) is 3. The molecule has 0 saturated heterocycles. The number of aryl methyl sites for hydroxylation is 1. The third-order valence-corrected chi connectivity index (χ3v) is 4.94. The van der Waals surface area contributed by atoms with Crippen molar-refractivity contribution in [1.29, 1.82) is 0 Å². The van der Waals surface area contributed by atoms with E-state index in [2.05, 4.69) is 18.1 Å². The molecule has 0 fully saturated rings. The van der Waals surface area contributed by atoms with E-state index in [1.165, 1.54) is 24.8 Å². The summed E-state index contributed by atoms with van der Waals surface area (Å²) in [5.41, 5.74) is 4.30. The Morgan fingerprint density at radius 1 is 1.08 bits per heavy atom. The molecule has 0 bridgehead atoms. The highest BCUT2D eigenvalue weighted by molar-refractivity contribution is 5.84. The Labute approximate surface area is 149 Å². The van der Waals surface area contributed by atoms with Gasteiger partial charge in [-0.3, -0.25) is 4.79 Å². The average Bonchev–Trinajstić information content (AvgIpc) is 3.14. The van der Waals surface area contributed by atoms with Gasteiger partial charge >= 0.3 is 0 Å². The second kappa shape index (κ2) is 7.68. The molecule has 0 aliphatic heterocycles. The highest BCUT2D eigenvalue weighted by atomic mass is 16.2. The molecule has 2 heterocycles. The Morgan fingerprint density at radius 3 is 2.68 bits per heavy atom. The molecule has 0 N–H and O–H groups in total. The number of fused-ring (bicyclic) bond motifs is 1. The molecule has 0 atom stereocenters. The van der Waals surface area contributed by atoms with Crippen molar-refractivity contribution in [3.63, 3.8) is 0 Å². The zero-order chi connectivity index (χ0) is 17.8. The lowest BCUT2D eigenvalue weighted by atomic mass is 10.0. The van der Waals surface area contributed by atoms with Crippen molar-refractivity contribution in [3.8, 4) is 0 Å². The monoisotopic (exact) mass is 337 g/mol. The number of benzene rings is 1. The highest BCUT2D eigenvalue weighted by Crippen LogP contribution is 2.18. The lowest BCUT2D eigenvalue weighted by Crippen LogP contribution is -2.20. The van der Waals surface area contributed by atoms with Crippen LogP contribution in [-0.4, -0.2) is 20.3 Å². The molecule has 4 heteroatoms. The van der Waals surface area contributed by atoms with Gasteiger partial charge in [-0.1, -0.05) is 44.4 Å². The minimum atomic E-state index is 0.0155. The number of hydrogen-bond acceptors (Lipinski definition) is 2. The van der Waals surface area contributed by atoms with Gasteiger partial charge in [0.05, 0.1) is 5.69 Å². The number of carbonyl (C=O) groups excluding carboxylic acids is 1. The second-order valence-electron chi connectivity index (χ2n) is 6.77. The lowest BCUT2D eigenvalue weighted by Gasteiger charge is -2.07. The molecule has 3 aromatic rings. The van der Waals surface area contributed by atoms with E-state index < -0.39 is 0 Å². The van der Waals surface area contributed by atoms with Gasteiger partial charge in [0.1, 0.15) is 6.54 Å². The SMILES string of the molecule is CCCCCCc1c(C)nn(C(=O)Cn2ccc3ccccc32)c1C. The summed E-state index contributed by atoms with van der Waals surface area (Å²) in [6, 6.07) is 10.2. The molecule has 0 aliphatic carbocycles. The highest BCUT2D eigenvalue weighted by Gasteiger charge is 2.17. The van der Waals surface area contributed by atoms with Crippen molar-refractivity contribution in [2.24, 2.45) is 0 Å². The Bertz CT molecular complexity index is 873. The molecule has 2 aromatic heterocycles. The molecule has 0 amide bonds. The van der Waals surface area contributed by atoms with Gasteiger partial charge in [0.25, 0.3) is 5.91 Å². The molecule has 25 heavy (non-hydrogen) atoms. The predicted octanol–water partition coefficient (Wildman–Crippen LogP) is 4.92. The molecule has 0 spiro atoms. The van der Waals surface area contributed by atoms with Gasteiger partial charge in [-0.25, -0.2) is 4.68 Å². The predicted molar refractivity (Wildman–Crippen MR) is 102 cm³/mol. The molecule has 0 radical (unpaired) electrons. The Kier molecular flexibility index (Phi) is 5.37. The van der Waals surface area contributed by atoms with Gasteiger partial charge in [-0.15, -0.1) is 0 Å². The van der Waals surface area contributed by atoms with E-state index in [4.69, 9.17) is 0 Å². The Morgan fingerprint density at radius 2 is 1.88 bits per heavy atom. The first kappa shape index (κ1) is 17.5. The van der Waals surface area contributed by atoms with Gasteiger partial charge in [0.15, 0.2) is 0 Å². The molecule has 4 nitrogen and oxygen atoms in total. The van der Waals surface area contributed by atoms with Crippen LogP contribution in [0.5, 0.6) is 0 Å². The van der Waals surface area contributed by atoms with E-state index in [0.29, 0.717) is 6.54 Å². The maximum Gasteiger partial charge on any atom is 0.267 e. The Hall–Kier alpha value is -2.36. The van der Waals surface area contributed by atoms with Crippen molar-refractivity contribution < 1.29 is 4.79 Å². The third kappa shape index (κ3) is 3.68. The minimum Gasteiger partial charge on any atom is -0.338 e. The lowest BCUT2D eigenvalue weighted by molar-refractivity contribution is 0.0874. The summed E-state index contributed by atoms with van der Waals surface area (Å²) in [5, 5.41) is 5.68. The van der Waals surface area contributed by atoms with Gasteiger partial charge < -0.3 is 4.57 Å². The molecule has 0 saturated carbocycles. The van der Waals surface area contributed by atoms with E-state index in [9.17, 15) is 4.79 Å². The van der Waals surface area contributed by atoms with Crippen LogP contribution in [0.25, 0.3) is 10.9 Å². The summed E-state index contributed by atoms with van der Waals surface area (Å²) in [5.74, 6) is 0.0155. The van der Waals surface area contributed by atoms with Gasteiger partial charge in [-0.05, 0) is 49.8 Å². The zero-order valence-corrected chi connectivity index (χ0v) is 15.5. The van der Waals surface area contributed by atoms with Crippen molar-refractivity contribution in [3.05, 3.63) is 53.5 Å². The number of aromatic nitrogens is 3. The first-order valence-electron chi connectivity index (χ1n) is 9.24. The second-order valence-corrected chi connectivity index (χ2v) is 6.77. The van der Waals surface area contributed by atoms with Crippen LogP contribution in [0.2, 0.25) is 0 Å². The van der Waals surface area contributed by atoms with Gasteiger partial charge in [-0.2, -0.15) is 5.10 Å². The van der Waals surface area contributed by atoms with E-state index in [1.807, 2.05) is 48.9 Å². The maximum atomic E-state index is 12.8. The molecule has 0 aliphatic rings. The largest absolute Gasteiger partial charge is 0.338 e. The molecular weight excluding hydrogens is 310 g/mol. The summed E-state index contributed by atoms with van der Waals surface area (Å²) in [6.45, 7) is 6.56. The van der Waals surface area contributed by atoms with Crippen molar-refractivity contribution >= 4 is 16.8 Å². The molecule has 1 aromatic carbocycles. The Balaban J connectivity index is 1.76. The van der Waals surface area contributed by atoms with Crippen LogP contribution in [-0.2, 0) is 13.0 Å². The summed E-state index contributed by atoms with van der Waals surface area (Å²) in [7, 11) is 0. The fraction of sp³-hybridized carbons (Fsp3) is 0.429. The smallest absolute Gasteiger partial charge is 0.267 e. The summed E-state index contributed by atoms with van der Waals surface area (Å²) in [6.07, 6.45) is 7.89. The summed E-state index contributed by atoms with van der Waals surface area (Å²) < 4.78 is 3.59. The minimum absolute atomic E-state index is 0.0155. The zero-order valence-electron chi connectivity index (χ0n) is 15.5. The molecular formula is C21H27N3O. The third-order valence-electron chi connectivity index (χ3n) is 4.94. The van der Waals surface area contributed by atoms with Crippen LogP contribution in [0.3, 0.4) is 0 Å². The van der Waals surface area contributed by atoms with Crippen LogP contribution < -0.4 is 0 Å². The fourth-order valence-electron chi connectivity index (χ4n) is 3.50. The summed E-state index contributed by atoms with van der Waals surface area (Å²) in [4.78, 5) is 12.8. The first-order chi connectivity index (χ1) is 12.1. The number of rotatable bonds is 7. The maximum absolute atomic E-state index is 12.8. The standard InChI is InChI=1S/C21H27N3O/c1-4-5-6-7-11-19-16(2)22-24(17(19)3)21(25)15-23-14-13-18-10-8-9-12-20(18)23/h8-10,12-14H,4-7,11,15H2,1-3H3. The van der Waals surface area contributed by atoms with Crippen LogP contribution in [0.1, 0.15) is 54.4 Å². The number of unbranched alkanes of at least 4 members (excludes halogenated alkanes) is 3. The van der Waals surface area contributed by atoms with E-state index in [-0.39, 0.29) is 5.91 Å². The number of carbonyl (C=O) groups is 1. The van der Waals surface area contributed by atoms with Crippen molar-refractivity contribution in [1.82, 2.24) is 14.3 Å². The van der Waals surface area contributed by atoms with E-state index in [0.717, 1.165) is 35.1 Å². The molecule has 3 rings (SSSR count). The summed E-state index contributed by atoms with van der Waals surface area (Å²) >= 11 is 0. The normalized spacial score (nSPS) is 11.3. The number of hydrogen-bond donors (Lipinski definition) is 0. The van der Waals surface area contributed by atoms with Crippen molar-refractivity contribution in [2.45, 2.75) is 59.4 Å². The quantitative estimate of drug-likeness (QED) is 0.574. The first-order valence-corrected chi connectivity index (χ1v) is 9.24. The van der Waals surface area contributed by atoms with Crippen molar-refractivity contribution in [2.75, 3.05) is 0 Å². The van der Waals surface area contributed by atoms with Gasteiger partial charge in [0.2, 0.25) is 0 Å². The van der Waals surface area contributed by atoms with Gasteiger partial charge in [0, 0.05) is 17.4 Å². The van der Waals surface area contributed by atoms with Crippen LogP contribution in [0.15, 0.2) is 36.5 Å². The van der Waals surface area contributed by atoms with Crippen LogP contribution in [0, 0.1) is 13.8 Å². The van der Waals surface area contributed by atoms with Crippen LogP contribution in [0.4, 0.5) is 0 Å². The average molecular weight is 337 g/mol. The molecule has 0 unspecified atom stereocenters. The number of para-hydroxylation sites is 1. The van der Waals surface area contributed by atoms with E-state index in [1.54, 1.807) is 4.68 Å². The van der Waals surface area contributed by atoms with E-state index >= 15 is 0 Å². The topological polar surface area (TPSA) is 39.8 Å². The van der Waals surface area contributed by atoms with Crippen LogP contribution >= 0.6 is 0 Å².